The molecule has 0 aromatic heterocycles. The van der Waals surface area contributed by atoms with Gasteiger partial charge in [0.25, 0.3) is 0 Å². The van der Waals surface area contributed by atoms with Gasteiger partial charge in [-0.2, -0.15) is 0 Å². The summed E-state index contributed by atoms with van der Waals surface area (Å²) in [6.45, 7) is 10.9. The van der Waals surface area contributed by atoms with Crippen LogP contribution in [0.15, 0.2) is 0 Å². The van der Waals surface area contributed by atoms with Crippen LogP contribution in [-0.4, -0.2) is 52.5 Å². The fourth-order valence-corrected chi connectivity index (χ4v) is 13.2. The first-order valence-corrected chi connectivity index (χ1v) is 16.1. The molecule has 1 aliphatic rings. The Bertz CT molecular complexity index is 241. The van der Waals surface area contributed by atoms with Crippen LogP contribution in [-0.2, 0) is 16.8 Å². The van der Waals surface area contributed by atoms with Crippen LogP contribution in [0.2, 0.25) is 44.3 Å². The Hall–Kier alpha value is 0.924. The van der Waals surface area contributed by atoms with Crippen molar-refractivity contribution in [1.82, 2.24) is 0 Å². The van der Waals surface area contributed by atoms with Crippen LogP contribution in [0.3, 0.4) is 0 Å². The molecule has 0 saturated carbocycles. The molecule has 18 heavy (non-hydrogen) atoms. The summed E-state index contributed by atoms with van der Waals surface area (Å²) in [6.07, 6.45) is 0.313. The van der Waals surface area contributed by atoms with Crippen LogP contribution in [0, 0.1) is 0 Å². The predicted molar refractivity (Wildman–Crippen MR) is 83.2 cm³/mol. The van der Waals surface area contributed by atoms with Crippen molar-refractivity contribution in [2.45, 2.75) is 57.3 Å². The lowest BCUT2D eigenvalue weighted by molar-refractivity contribution is 0.187. The summed E-state index contributed by atoms with van der Waals surface area (Å²) in [6, 6.07) is 3.19. The fraction of sp³-hybridized carbons (Fsp3) is 1.00. The molecule has 104 valence electrons. The lowest BCUT2D eigenvalue weighted by Gasteiger charge is -2.31. The molecule has 4 nitrogen and oxygen atoms in total. The van der Waals surface area contributed by atoms with Gasteiger partial charge in [0, 0.05) is 6.10 Å². The van der Waals surface area contributed by atoms with Crippen LogP contribution < -0.4 is 0 Å². The summed E-state index contributed by atoms with van der Waals surface area (Å²) in [4.78, 5) is 0. The van der Waals surface area contributed by atoms with Crippen molar-refractivity contribution in [3.8, 4) is 0 Å². The zero-order chi connectivity index (χ0) is 13.8. The highest BCUT2D eigenvalue weighted by Gasteiger charge is 2.31. The zero-order valence-electron chi connectivity index (χ0n) is 12.0. The summed E-state index contributed by atoms with van der Waals surface area (Å²) < 4.78 is 23.6. The van der Waals surface area contributed by atoms with Crippen molar-refractivity contribution < 1.29 is 16.8 Å². The predicted octanol–water partition coefficient (Wildman–Crippen LogP) is 1.44. The van der Waals surface area contributed by atoms with E-state index in [4.69, 9.17) is 16.8 Å². The van der Waals surface area contributed by atoms with Crippen molar-refractivity contribution in [1.29, 1.82) is 0 Å². The molecule has 0 bridgehead atoms. The maximum absolute atomic E-state index is 6.20. The van der Waals surface area contributed by atoms with Gasteiger partial charge in [-0.25, -0.2) is 0 Å². The molecular weight excluding hydrogens is 313 g/mol. The molecule has 0 aromatic rings. The standard InChI is InChI=1S/C9H24O4Si5/c1-9-8-15(2)12-17(13-16(3)10-9)6-7-18(4,5)11-14/h9,15-16H,6-8H2,1-5H3. The minimum absolute atomic E-state index is 0.313. The minimum Gasteiger partial charge on any atom is -0.457 e. The van der Waals surface area contributed by atoms with Gasteiger partial charge in [-0.15, -0.1) is 0 Å². The minimum atomic E-state index is -1.58. The van der Waals surface area contributed by atoms with E-state index in [2.05, 4.69) is 43.6 Å². The molecule has 1 heterocycles. The fourth-order valence-electron chi connectivity index (χ4n) is 1.94. The molecule has 0 amide bonds. The van der Waals surface area contributed by atoms with Gasteiger partial charge >= 0.3 is 18.6 Å². The maximum Gasteiger partial charge on any atom is 0.363 e. The summed E-state index contributed by atoms with van der Waals surface area (Å²) in [5, 5.41) is 0. The van der Waals surface area contributed by atoms with Gasteiger partial charge in [0.2, 0.25) is 10.5 Å². The largest absolute Gasteiger partial charge is 0.457 e. The second-order valence-corrected chi connectivity index (χ2v) is 17.0. The van der Waals surface area contributed by atoms with Crippen LogP contribution in [0.1, 0.15) is 6.92 Å². The van der Waals surface area contributed by atoms with Gasteiger partial charge in [0.1, 0.15) is 0 Å². The third-order valence-corrected chi connectivity index (χ3v) is 15.0. The van der Waals surface area contributed by atoms with E-state index in [9.17, 15) is 0 Å². The average Bonchev–Trinajstić information content (AvgIpc) is 2.23. The molecule has 9 heteroatoms. The van der Waals surface area contributed by atoms with Crippen molar-refractivity contribution in [3.63, 3.8) is 0 Å². The summed E-state index contributed by atoms with van der Waals surface area (Å²) in [5.74, 6) is 0. The second kappa shape index (κ2) is 7.64. The molecule has 0 N–H and O–H groups in total. The normalized spacial score (nSPS) is 32.0. The average molecular weight is 337 g/mol. The van der Waals surface area contributed by atoms with E-state index in [1.807, 2.05) is 0 Å². The van der Waals surface area contributed by atoms with E-state index in [1.165, 1.54) is 0 Å². The van der Waals surface area contributed by atoms with E-state index in [0.29, 0.717) is 6.10 Å². The molecule has 4 radical (unpaired) electrons. The Balaban J connectivity index is 2.48. The molecule has 3 atom stereocenters. The first-order chi connectivity index (χ1) is 8.32. The van der Waals surface area contributed by atoms with Gasteiger partial charge < -0.3 is 16.8 Å². The molecule has 1 fully saturated rings. The Morgan fingerprint density at radius 3 is 2.67 bits per heavy atom. The van der Waals surface area contributed by atoms with Gasteiger partial charge in [-0.1, -0.05) is 0 Å². The van der Waals surface area contributed by atoms with E-state index in [0.717, 1.165) is 18.1 Å². The molecule has 1 saturated heterocycles. The highest BCUT2D eigenvalue weighted by molar-refractivity contribution is 6.75. The van der Waals surface area contributed by atoms with Crippen LogP contribution >= 0.6 is 0 Å². The molecular formula is C9H24O4Si5. The SMILES string of the molecule is CC1C[SiH](C)O[Si](CC[Si](C)(C)O[Si])O[SiH](C)O1. The Morgan fingerprint density at radius 1 is 1.39 bits per heavy atom. The lowest BCUT2D eigenvalue weighted by Crippen LogP contribution is -2.43. The van der Waals surface area contributed by atoms with Gasteiger partial charge in [-0.05, 0) is 51.2 Å². The Morgan fingerprint density at radius 2 is 2.06 bits per heavy atom. The van der Waals surface area contributed by atoms with E-state index < -0.39 is 35.9 Å². The van der Waals surface area contributed by atoms with E-state index >= 15 is 0 Å². The summed E-state index contributed by atoms with van der Waals surface area (Å²) >= 11 is 0. The van der Waals surface area contributed by atoms with Gasteiger partial charge in [0.05, 0.1) is 0 Å². The van der Waals surface area contributed by atoms with Crippen molar-refractivity contribution >= 4 is 46.4 Å². The Kier molecular flexibility index (Phi) is 7.21. The summed E-state index contributed by atoms with van der Waals surface area (Å²) in [7, 11) is -2.16. The second-order valence-electron chi connectivity index (χ2n) is 5.53. The molecule has 1 aliphatic heterocycles. The molecule has 0 aliphatic carbocycles. The van der Waals surface area contributed by atoms with Crippen molar-refractivity contribution in [3.05, 3.63) is 0 Å². The topological polar surface area (TPSA) is 36.9 Å². The quantitative estimate of drug-likeness (QED) is 0.728. The number of hydrogen-bond donors (Lipinski definition) is 0. The monoisotopic (exact) mass is 336 g/mol. The van der Waals surface area contributed by atoms with Crippen LogP contribution in [0.4, 0.5) is 0 Å². The summed E-state index contributed by atoms with van der Waals surface area (Å²) in [5.41, 5.74) is 0. The highest BCUT2D eigenvalue weighted by Crippen LogP contribution is 2.19. The smallest absolute Gasteiger partial charge is 0.363 e. The van der Waals surface area contributed by atoms with Gasteiger partial charge in [0.15, 0.2) is 17.4 Å². The van der Waals surface area contributed by atoms with E-state index in [1.54, 1.807) is 0 Å². The number of rotatable bonds is 4. The first kappa shape index (κ1) is 17.0. The third kappa shape index (κ3) is 6.39. The maximum atomic E-state index is 6.20. The Labute approximate surface area is 120 Å². The van der Waals surface area contributed by atoms with Crippen LogP contribution in [0.25, 0.3) is 0 Å². The highest BCUT2D eigenvalue weighted by atomic mass is 28.4. The molecule has 0 aromatic carbocycles. The lowest BCUT2D eigenvalue weighted by atomic mass is 10.5. The van der Waals surface area contributed by atoms with Crippen molar-refractivity contribution in [2.24, 2.45) is 0 Å². The third-order valence-electron chi connectivity index (χ3n) is 2.93. The number of hydrogen-bond acceptors (Lipinski definition) is 4. The molecule has 3 unspecified atom stereocenters. The van der Waals surface area contributed by atoms with E-state index in [-0.39, 0.29) is 0 Å². The molecule has 0 spiro atoms. The van der Waals surface area contributed by atoms with Crippen LogP contribution in [0.5, 0.6) is 0 Å². The zero-order valence-corrected chi connectivity index (χ0v) is 17.3. The molecule has 1 rings (SSSR count). The first-order valence-electron chi connectivity index (χ1n) is 6.51. The van der Waals surface area contributed by atoms with Crippen molar-refractivity contribution in [2.75, 3.05) is 0 Å². The van der Waals surface area contributed by atoms with Gasteiger partial charge in [-0.3, -0.25) is 0 Å².